The van der Waals surface area contributed by atoms with Crippen LogP contribution in [0.3, 0.4) is 0 Å². The number of nitro benzene ring substituents is 1. The van der Waals surface area contributed by atoms with Crippen molar-refractivity contribution in [1.29, 1.82) is 0 Å². The summed E-state index contributed by atoms with van der Waals surface area (Å²) in [5.41, 5.74) is 1.49. The summed E-state index contributed by atoms with van der Waals surface area (Å²) in [7, 11) is -3.92. The Hall–Kier alpha value is -1.71. The Kier molecular flexibility index (Phi) is 3.91. The number of para-hydroxylation sites is 1. The van der Waals surface area contributed by atoms with E-state index in [4.69, 9.17) is 5.84 Å². The molecular weight excluding hydrogens is 296 g/mol. The van der Waals surface area contributed by atoms with Gasteiger partial charge in [0.2, 0.25) is 10.0 Å². The second-order valence-electron chi connectivity index (χ2n) is 5.81. The normalized spacial score (nSPS) is 18.6. The molecular formula is C12H18N4O4S. The molecule has 0 radical (unpaired) electrons. The molecule has 2 rings (SSSR count). The molecule has 9 heteroatoms. The number of nitrogen functional groups attached to an aromatic ring is 1. The van der Waals surface area contributed by atoms with E-state index in [9.17, 15) is 18.5 Å². The number of sulfonamides is 1. The number of nitro groups is 1. The Labute approximate surface area is 123 Å². The van der Waals surface area contributed by atoms with E-state index < -0.39 is 20.6 Å². The molecule has 1 fully saturated rings. The third kappa shape index (κ3) is 2.85. The highest BCUT2D eigenvalue weighted by Crippen LogP contribution is 2.37. The highest BCUT2D eigenvalue weighted by atomic mass is 32.2. The summed E-state index contributed by atoms with van der Waals surface area (Å²) in [6.07, 6.45) is 0.717. The van der Waals surface area contributed by atoms with E-state index in [2.05, 4.69) is 5.43 Å². The van der Waals surface area contributed by atoms with Crippen molar-refractivity contribution in [3.8, 4) is 0 Å². The minimum atomic E-state index is -3.92. The molecule has 1 aromatic carbocycles. The lowest BCUT2D eigenvalue weighted by molar-refractivity contribution is -0.386. The Balaban J connectivity index is 2.53. The van der Waals surface area contributed by atoms with Crippen LogP contribution in [0.5, 0.6) is 0 Å². The van der Waals surface area contributed by atoms with Gasteiger partial charge in [0.1, 0.15) is 5.69 Å². The van der Waals surface area contributed by atoms with Gasteiger partial charge in [-0.2, -0.15) is 4.31 Å². The summed E-state index contributed by atoms with van der Waals surface area (Å²) in [4.78, 5) is 10.2. The van der Waals surface area contributed by atoms with Crippen LogP contribution in [0, 0.1) is 15.5 Å². The minimum Gasteiger partial charge on any atom is -0.318 e. The molecule has 1 aliphatic heterocycles. The predicted molar refractivity (Wildman–Crippen MR) is 78.1 cm³/mol. The van der Waals surface area contributed by atoms with Gasteiger partial charge in [0, 0.05) is 13.1 Å². The zero-order valence-electron chi connectivity index (χ0n) is 11.9. The SMILES string of the molecule is CC1(C)CCN(S(=O)(=O)c2cccc(NN)c2[N+](=O)[O-])C1. The summed E-state index contributed by atoms with van der Waals surface area (Å²) in [6, 6.07) is 4.03. The minimum absolute atomic E-state index is 0.0282. The molecule has 1 saturated heterocycles. The van der Waals surface area contributed by atoms with E-state index in [1.165, 1.54) is 22.5 Å². The Morgan fingerprint density at radius 1 is 1.43 bits per heavy atom. The molecule has 0 atom stereocenters. The van der Waals surface area contributed by atoms with Gasteiger partial charge < -0.3 is 5.43 Å². The van der Waals surface area contributed by atoms with Crippen molar-refractivity contribution in [2.24, 2.45) is 11.3 Å². The number of benzene rings is 1. The summed E-state index contributed by atoms with van der Waals surface area (Å²) < 4.78 is 26.6. The van der Waals surface area contributed by atoms with E-state index in [-0.39, 0.29) is 16.0 Å². The summed E-state index contributed by atoms with van der Waals surface area (Å²) in [5.74, 6) is 5.23. The van der Waals surface area contributed by atoms with E-state index in [1.807, 2.05) is 13.8 Å². The second kappa shape index (κ2) is 5.24. The molecule has 0 unspecified atom stereocenters. The zero-order valence-corrected chi connectivity index (χ0v) is 12.7. The Morgan fingerprint density at radius 3 is 2.57 bits per heavy atom. The van der Waals surface area contributed by atoms with Gasteiger partial charge in [-0.25, -0.2) is 8.42 Å². The van der Waals surface area contributed by atoms with Crippen molar-refractivity contribution in [1.82, 2.24) is 4.31 Å². The number of anilines is 1. The lowest BCUT2D eigenvalue weighted by Crippen LogP contribution is -2.31. The van der Waals surface area contributed by atoms with Crippen molar-refractivity contribution >= 4 is 21.4 Å². The molecule has 1 heterocycles. The number of nitrogens with two attached hydrogens (primary N) is 1. The van der Waals surface area contributed by atoms with Gasteiger partial charge in [-0.05, 0) is 24.0 Å². The van der Waals surface area contributed by atoms with E-state index in [0.29, 0.717) is 13.1 Å². The molecule has 3 N–H and O–H groups in total. The number of rotatable bonds is 4. The van der Waals surface area contributed by atoms with Crippen LogP contribution in [0.4, 0.5) is 11.4 Å². The zero-order chi connectivity index (χ0) is 15.8. The molecule has 0 aromatic heterocycles. The van der Waals surface area contributed by atoms with Crippen LogP contribution in [0.15, 0.2) is 23.1 Å². The molecule has 0 amide bonds. The van der Waals surface area contributed by atoms with Gasteiger partial charge in [0.05, 0.1) is 4.92 Å². The van der Waals surface area contributed by atoms with Crippen molar-refractivity contribution in [3.63, 3.8) is 0 Å². The van der Waals surface area contributed by atoms with Crippen molar-refractivity contribution in [2.45, 2.75) is 25.2 Å². The average molecular weight is 314 g/mol. The van der Waals surface area contributed by atoms with Gasteiger partial charge in [-0.15, -0.1) is 0 Å². The number of hydrazine groups is 1. The van der Waals surface area contributed by atoms with Gasteiger partial charge in [-0.3, -0.25) is 16.0 Å². The van der Waals surface area contributed by atoms with Crippen LogP contribution in [-0.2, 0) is 10.0 Å². The quantitative estimate of drug-likeness (QED) is 0.491. The molecule has 0 aliphatic carbocycles. The van der Waals surface area contributed by atoms with E-state index in [0.717, 1.165) is 6.42 Å². The molecule has 0 saturated carbocycles. The van der Waals surface area contributed by atoms with Crippen molar-refractivity contribution < 1.29 is 13.3 Å². The second-order valence-corrected chi connectivity index (χ2v) is 7.71. The van der Waals surface area contributed by atoms with Crippen LogP contribution in [-0.4, -0.2) is 30.7 Å². The molecule has 0 spiro atoms. The maximum absolute atomic E-state index is 12.7. The molecule has 0 bridgehead atoms. The highest BCUT2D eigenvalue weighted by molar-refractivity contribution is 7.89. The molecule has 1 aliphatic rings. The van der Waals surface area contributed by atoms with Crippen LogP contribution in [0.2, 0.25) is 0 Å². The molecule has 21 heavy (non-hydrogen) atoms. The summed E-state index contributed by atoms with van der Waals surface area (Å²) in [5, 5.41) is 11.2. The van der Waals surface area contributed by atoms with Crippen molar-refractivity contribution in [2.75, 3.05) is 18.5 Å². The van der Waals surface area contributed by atoms with Crippen LogP contribution >= 0.6 is 0 Å². The third-order valence-corrected chi connectivity index (χ3v) is 5.47. The number of hydrogen-bond donors (Lipinski definition) is 2. The fourth-order valence-corrected chi connectivity index (χ4v) is 4.25. The highest BCUT2D eigenvalue weighted by Gasteiger charge is 2.40. The standard InChI is InChI=1S/C12H18N4O4S/c1-12(2)6-7-15(8-12)21(19,20)10-5-3-4-9(14-13)11(10)16(17)18/h3-5,14H,6-8,13H2,1-2H3. The van der Waals surface area contributed by atoms with E-state index in [1.54, 1.807) is 0 Å². The third-order valence-electron chi connectivity index (χ3n) is 3.60. The number of hydrogen-bond acceptors (Lipinski definition) is 6. The fraction of sp³-hybridized carbons (Fsp3) is 0.500. The predicted octanol–water partition coefficient (Wildman–Crippen LogP) is 1.30. The molecule has 1 aromatic rings. The fourth-order valence-electron chi connectivity index (χ4n) is 2.44. The lowest BCUT2D eigenvalue weighted by atomic mass is 9.93. The first-order valence-corrected chi connectivity index (χ1v) is 7.87. The Morgan fingerprint density at radius 2 is 2.10 bits per heavy atom. The number of nitrogens with one attached hydrogen (secondary N) is 1. The monoisotopic (exact) mass is 314 g/mol. The smallest absolute Gasteiger partial charge is 0.313 e. The lowest BCUT2D eigenvalue weighted by Gasteiger charge is -2.20. The largest absolute Gasteiger partial charge is 0.318 e. The first-order valence-electron chi connectivity index (χ1n) is 6.43. The molecule has 116 valence electrons. The van der Waals surface area contributed by atoms with E-state index >= 15 is 0 Å². The number of nitrogens with zero attached hydrogens (tertiary/aromatic N) is 2. The molecule has 8 nitrogen and oxygen atoms in total. The maximum atomic E-state index is 12.7. The van der Waals surface area contributed by atoms with Crippen LogP contribution in [0.25, 0.3) is 0 Å². The first kappa shape index (κ1) is 15.7. The van der Waals surface area contributed by atoms with Crippen LogP contribution < -0.4 is 11.3 Å². The topological polar surface area (TPSA) is 119 Å². The van der Waals surface area contributed by atoms with Gasteiger partial charge in [0.15, 0.2) is 4.90 Å². The van der Waals surface area contributed by atoms with Crippen molar-refractivity contribution in [3.05, 3.63) is 28.3 Å². The first-order chi connectivity index (χ1) is 9.69. The summed E-state index contributed by atoms with van der Waals surface area (Å²) >= 11 is 0. The summed E-state index contributed by atoms with van der Waals surface area (Å²) in [6.45, 7) is 4.63. The average Bonchev–Trinajstić information content (AvgIpc) is 2.78. The Bertz CT molecular complexity index is 672. The maximum Gasteiger partial charge on any atom is 0.313 e. The van der Waals surface area contributed by atoms with Crippen LogP contribution in [0.1, 0.15) is 20.3 Å². The van der Waals surface area contributed by atoms with Gasteiger partial charge in [0.25, 0.3) is 0 Å². The van der Waals surface area contributed by atoms with Gasteiger partial charge >= 0.3 is 5.69 Å². The van der Waals surface area contributed by atoms with Gasteiger partial charge in [-0.1, -0.05) is 19.9 Å².